The fourth-order valence-electron chi connectivity index (χ4n) is 4.05. The second-order valence-corrected chi connectivity index (χ2v) is 8.54. The maximum absolute atomic E-state index is 14.0. The lowest BCUT2D eigenvalue weighted by atomic mass is 10.1. The number of hydrogen-bond donors (Lipinski definition) is 1. The molecule has 7 heteroatoms. The van der Waals surface area contributed by atoms with Crippen LogP contribution in [-0.4, -0.2) is 42.0 Å². The number of likely N-dealkylation sites (tertiary alicyclic amines) is 1. The van der Waals surface area contributed by atoms with Gasteiger partial charge in [0.1, 0.15) is 24.0 Å². The SMILES string of the molecule is O=C(Cc1ccc(-c2ccc(F)cc2)cn1)NCc1cc(F)cc(OCCN2CCCCC2)c1. The van der Waals surface area contributed by atoms with E-state index in [2.05, 4.69) is 15.2 Å². The van der Waals surface area contributed by atoms with E-state index in [4.69, 9.17) is 4.74 Å². The minimum absolute atomic E-state index is 0.109. The average molecular weight is 466 g/mol. The van der Waals surface area contributed by atoms with Gasteiger partial charge in [-0.15, -0.1) is 0 Å². The lowest BCUT2D eigenvalue weighted by Gasteiger charge is -2.26. The van der Waals surface area contributed by atoms with Crippen molar-refractivity contribution in [2.45, 2.75) is 32.2 Å². The molecule has 3 aromatic rings. The zero-order chi connectivity index (χ0) is 23.8. The molecule has 2 heterocycles. The standard InChI is InChI=1S/C27H29F2N3O2/c28-23-7-4-21(5-8-23)22-6-9-25(30-19-22)17-27(33)31-18-20-14-24(29)16-26(15-20)34-13-12-32-10-2-1-3-11-32/h4-9,14-16,19H,1-3,10-13,17-18H2,(H,31,33). The lowest BCUT2D eigenvalue weighted by molar-refractivity contribution is -0.120. The first-order valence-corrected chi connectivity index (χ1v) is 11.7. The molecular weight excluding hydrogens is 436 g/mol. The highest BCUT2D eigenvalue weighted by Gasteiger charge is 2.11. The number of carbonyl (C=O) groups excluding carboxylic acids is 1. The van der Waals surface area contributed by atoms with Crippen molar-refractivity contribution in [2.24, 2.45) is 0 Å². The van der Waals surface area contributed by atoms with Crippen LogP contribution in [0.1, 0.15) is 30.5 Å². The van der Waals surface area contributed by atoms with Crippen LogP contribution in [0.5, 0.6) is 5.75 Å². The third kappa shape index (κ3) is 7.09. The number of ether oxygens (including phenoxy) is 1. The summed E-state index contributed by atoms with van der Waals surface area (Å²) < 4.78 is 32.9. The van der Waals surface area contributed by atoms with Crippen LogP contribution in [0.25, 0.3) is 11.1 Å². The fraction of sp³-hybridized carbons (Fsp3) is 0.333. The predicted molar refractivity (Wildman–Crippen MR) is 127 cm³/mol. The highest BCUT2D eigenvalue weighted by molar-refractivity contribution is 5.78. The molecule has 1 aliphatic rings. The van der Waals surface area contributed by atoms with Crippen molar-refractivity contribution in [3.63, 3.8) is 0 Å². The topological polar surface area (TPSA) is 54.5 Å². The second-order valence-electron chi connectivity index (χ2n) is 8.54. The number of halogens is 2. The van der Waals surface area contributed by atoms with Gasteiger partial charge in [0.25, 0.3) is 0 Å². The molecular formula is C27H29F2N3O2. The van der Waals surface area contributed by atoms with Gasteiger partial charge in [-0.3, -0.25) is 14.7 Å². The van der Waals surface area contributed by atoms with Crippen LogP contribution >= 0.6 is 0 Å². The van der Waals surface area contributed by atoms with Crippen LogP contribution in [0.15, 0.2) is 60.8 Å². The smallest absolute Gasteiger partial charge is 0.226 e. The van der Waals surface area contributed by atoms with E-state index >= 15 is 0 Å². The van der Waals surface area contributed by atoms with E-state index in [0.29, 0.717) is 23.6 Å². The molecule has 0 saturated carbocycles. The maximum atomic E-state index is 14.0. The molecule has 0 aliphatic carbocycles. The summed E-state index contributed by atoms with van der Waals surface area (Å²) in [5, 5.41) is 2.81. The molecule has 0 atom stereocenters. The Balaban J connectivity index is 1.25. The Bertz CT molecular complexity index is 1080. The van der Waals surface area contributed by atoms with Gasteiger partial charge in [-0.05, 0) is 67.4 Å². The van der Waals surface area contributed by atoms with Crippen LogP contribution in [0.2, 0.25) is 0 Å². The summed E-state index contributed by atoms with van der Waals surface area (Å²) in [6.45, 7) is 3.72. The predicted octanol–water partition coefficient (Wildman–Crippen LogP) is 4.75. The first-order chi connectivity index (χ1) is 16.5. The van der Waals surface area contributed by atoms with Gasteiger partial charge in [0.05, 0.1) is 6.42 Å². The summed E-state index contributed by atoms with van der Waals surface area (Å²) >= 11 is 0. The number of carbonyl (C=O) groups is 1. The first-order valence-electron chi connectivity index (χ1n) is 11.7. The number of pyridine rings is 1. The molecule has 2 aromatic carbocycles. The molecule has 5 nitrogen and oxygen atoms in total. The van der Waals surface area contributed by atoms with Crippen molar-refractivity contribution < 1.29 is 18.3 Å². The molecule has 0 spiro atoms. The van der Waals surface area contributed by atoms with E-state index in [1.807, 2.05) is 6.07 Å². The lowest BCUT2D eigenvalue weighted by Crippen LogP contribution is -2.33. The molecule has 4 rings (SSSR count). The summed E-state index contributed by atoms with van der Waals surface area (Å²) in [5.41, 5.74) is 2.95. The monoisotopic (exact) mass is 465 g/mol. The van der Waals surface area contributed by atoms with E-state index in [-0.39, 0.29) is 24.7 Å². The van der Waals surface area contributed by atoms with E-state index in [0.717, 1.165) is 30.8 Å². The Morgan fingerprint density at radius 1 is 0.941 bits per heavy atom. The summed E-state index contributed by atoms with van der Waals surface area (Å²) in [6.07, 6.45) is 5.50. The first kappa shape index (κ1) is 23.8. The van der Waals surface area contributed by atoms with E-state index < -0.39 is 5.82 Å². The second kappa shape index (κ2) is 11.7. The molecule has 0 bridgehead atoms. The van der Waals surface area contributed by atoms with E-state index in [1.165, 1.54) is 43.5 Å². The Morgan fingerprint density at radius 3 is 2.44 bits per heavy atom. The molecule has 1 fully saturated rings. The van der Waals surface area contributed by atoms with Gasteiger partial charge < -0.3 is 10.1 Å². The highest BCUT2D eigenvalue weighted by atomic mass is 19.1. The van der Waals surface area contributed by atoms with Crippen molar-refractivity contribution in [2.75, 3.05) is 26.2 Å². The van der Waals surface area contributed by atoms with Crippen molar-refractivity contribution in [3.05, 3.63) is 83.7 Å². The molecule has 1 aliphatic heterocycles. The van der Waals surface area contributed by atoms with Gasteiger partial charge in [0.15, 0.2) is 0 Å². The van der Waals surface area contributed by atoms with Crippen LogP contribution in [0.4, 0.5) is 8.78 Å². The summed E-state index contributed by atoms with van der Waals surface area (Å²) in [7, 11) is 0. The Kier molecular flexibility index (Phi) is 8.20. The third-order valence-electron chi connectivity index (χ3n) is 5.89. The number of amides is 1. The van der Waals surface area contributed by atoms with Gasteiger partial charge in [-0.1, -0.05) is 24.6 Å². The number of hydrogen-bond acceptors (Lipinski definition) is 4. The van der Waals surface area contributed by atoms with Gasteiger partial charge in [-0.2, -0.15) is 0 Å². The van der Waals surface area contributed by atoms with Gasteiger partial charge in [0, 0.05) is 36.6 Å². The Morgan fingerprint density at radius 2 is 1.71 bits per heavy atom. The number of nitrogens with zero attached hydrogens (tertiary/aromatic N) is 2. The fourth-order valence-corrected chi connectivity index (χ4v) is 4.05. The number of benzene rings is 2. The Hall–Kier alpha value is -3.32. The Labute approximate surface area is 198 Å². The molecule has 1 N–H and O–H groups in total. The van der Waals surface area contributed by atoms with Gasteiger partial charge in [-0.25, -0.2) is 8.78 Å². The zero-order valence-electron chi connectivity index (χ0n) is 19.1. The van der Waals surface area contributed by atoms with Gasteiger partial charge in [0.2, 0.25) is 5.91 Å². The largest absolute Gasteiger partial charge is 0.492 e. The zero-order valence-corrected chi connectivity index (χ0v) is 19.1. The summed E-state index contributed by atoms with van der Waals surface area (Å²) in [4.78, 5) is 19.1. The molecule has 34 heavy (non-hydrogen) atoms. The average Bonchev–Trinajstić information content (AvgIpc) is 2.84. The number of rotatable bonds is 9. The summed E-state index contributed by atoms with van der Waals surface area (Å²) in [6, 6.07) is 14.3. The third-order valence-corrected chi connectivity index (χ3v) is 5.89. The molecule has 0 unspecified atom stereocenters. The van der Waals surface area contributed by atoms with Crippen molar-refractivity contribution >= 4 is 5.91 Å². The minimum atomic E-state index is -0.391. The van der Waals surface area contributed by atoms with Crippen LogP contribution in [-0.2, 0) is 17.8 Å². The van der Waals surface area contributed by atoms with Crippen LogP contribution in [0, 0.1) is 11.6 Å². The number of aromatic nitrogens is 1. The number of piperidine rings is 1. The van der Waals surface area contributed by atoms with Crippen LogP contribution in [0.3, 0.4) is 0 Å². The number of nitrogens with one attached hydrogen (secondary N) is 1. The van der Waals surface area contributed by atoms with Crippen molar-refractivity contribution in [3.8, 4) is 16.9 Å². The molecule has 1 aromatic heterocycles. The van der Waals surface area contributed by atoms with Gasteiger partial charge >= 0.3 is 0 Å². The highest BCUT2D eigenvalue weighted by Crippen LogP contribution is 2.19. The van der Waals surface area contributed by atoms with Crippen LogP contribution < -0.4 is 10.1 Å². The normalized spacial score (nSPS) is 14.1. The minimum Gasteiger partial charge on any atom is -0.492 e. The molecule has 1 saturated heterocycles. The molecule has 178 valence electrons. The van der Waals surface area contributed by atoms with Crippen molar-refractivity contribution in [1.29, 1.82) is 0 Å². The van der Waals surface area contributed by atoms with E-state index in [1.54, 1.807) is 30.5 Å². The maximum Gasteiger partial charge on any atom is 0.226 e. The van der Waals surface area contributed by atoms with E-state index in [9.17, 15) is 13.6 Å². The summed E-state index contributed by atoms with van der Waals surface area (Å²) in [5.74, 6) is -0.421. The quantitative estimate of drug-likeness (QED) is 0.496. The van der Waals surface area contributed by atoms with Crippen molar-refractivity contribution in [1.82, 2.24) is 15.2 Å². The molecule has 0 radical (unpaired) electrons. The molecule has 1 amide bonds.